The molecule has 1 aromatic carbocycles. The van der Waals surface area contributed by atoms with Gasteiger partial charge in [0.1, 0.15) is 21.8 Å². The first-order valence-corrected chi connectivity index (χ1v) is 13.1. The second-order valence-electron chi connectivity index (χ2n) is 8.54. The summed E-state index contributed by atoms with van der Waals surface area (Å²) in [5.74, 6) is 0.649. The van der Waals surface area contributed by atoms with E-state index >= 15 is 0 Å². The van der Waals surface area contributed by atoms with Crippen LogP contribution in [0.2, 0.25) is 0 Å². The number of likely N-dealkylation sites (N-methyl/N-ethyl adjacent to an activating group) is 1. The van der Waals surface area contributed by atoms with E-state index in [2.05, 4.69) is 28.0 Å². The molecule has 7 nitrogen and oxygen atoms in total. The van der Waals surface area contributed by atoms with Gasteiger partial charge in [0.15, 0.2) is 0 Å². The van der Waals surface area contributed by atoms with Crippen molar-refractivity contribution in [2.45, 2.75) is 33.7 Å². The highest BCUT2D eigenvalue weighted by molar-refractivity contribution is 8.26. The van der Waals surface area contributed by atoms with E-state index in [-0.39, 0.29) is 17.0 Å². The monoisotopic (exact) mass is 507 g/mol. The van der Waals surface area contributed by atoms with E-state index < -0.39 is 0 Å². The molecule has 2 fully saturated rings. The predicted molar refractivity (Wildman–Crippen MR) is 147 cm³/mol. The topological polar surface area (TPSA) is 72.6 Å². The van der Waals surface area contributed by atoms with Gasteiger partial charge in [-0.05, 0) is 44.0 Å². The van der Waals surface area contributed by atoms with Crippen molar-refractivity contribution >= 4 is 51.8 Å². The number of carbonyl (C=O) groups excluding carboxylic acids is 1. The number of thioether (sulfide) groups is 1. The van der Waals surface area contributed by atoms with Crippen molar-refractivity contribution in [2.24, 2.45) is 0 Å². The molecule has 2 aromatic rings. The lowest BCUT2D eigenvalue weighted by molar-refractivity contribution is -0.121. The van der Waals surface area contributed by atoms with E-state index in [1.54, 1.807) is 16.4 Å². The van der Waals surface area contributed by atoms with E-state index in [0.29, 0.717) is 27.9 Å². The summed E-state index contributed by atoms with van der Waals surface area (Å²) in [6.45, 7) is 9.77. The lowest BCUT2D eigenvalue weighted by Crippen LogP contribution is -2.48. The van der Waals surface area contributed by atoms with Crippen molar-refractivity contribution in [3.8, 4) is 6.07 Å². The molecule has 0 aliphatic carbocycles. The van der Waals surface area contributed by atoms with Crippen molar-refractivity contribution in [3.63, 3.8) is 0 Å². The number of aromatic nitrogens is 1. The quantitative estimate of drug-likeness (QED) is 0.432. The van der Waals surface area contributed by atoms with Crippen molar-refractivity contribution < 1.29 is 4.79 Å². The molecular weight excluding hydrogens is 478 g/mol. The normalized spacial score (nSPS) is 17.4. The van der Waals surface area contributed by atoms with Crippen LogP contribution in [0.4, 0.5) is 11.5 Å². The first kappa shape index (κ1) is 25.0. The van der Waals surface area contributed by atoms with Gasteiger partial charge in [0.05, 0.1) is 4.91 Å². The maximum atomic E-state index is 13.3. The molecule has 9 heteroatoms. The minimum absolute atomic E-state index is 0.127. The molecule has 0 unspecified atom stereocenters. The van der Waals surface area contributed by atoms with Gasteiger partial charge in [-0.2, -0.15) is 5.26 Å². The number of piperazine rings is 1. The van der Waals surface area contributed by atoms with Crippen LogP contribution in [0.15, 0.2) is 40.0 Å². The van der Waals surface area contributed by atoms with E-state index in [9.17, 15) is 14.9 Å². The van der Waals surface area contributed by atoms with Gasteiger partial charge in [-0.3, -0.25) is 19.1 Å². The van der Waals surface area contributed by atoms with Crippen LogP contribution in [-0.4, -0.2) is 52.4 Å². The zero-order valence-corrected chi connectivity index (χ0v) is 21.9. The summed E-state index contributed by atoms with van der Waals surface area (Å²) in [6, 6.07) is 12.4. The molecule has 182 valence electrons. The van der Waals surface area contributed by atoms with Crippen LogP contribution in [0, 0.1) is 18.3 Å². The average molecular weight is 508 g/mol. The molecule has 2 saturated heterocycles. The number of thiocarbonyl (C=S) groups is 1. The highest BCUT2D eigenvalue weighted by Gasteiger charge is 2.32. The van der Waals surface area contributed by atoms with Gasteiger partial charge in [-0.25, -0.2) is 0 Å². The number of benzene rings is 1. The molecule has 2 aliphatic rings. The Hall–Kier alpha value is -3.09. The fourth-order valence-corrected chi connectivity index (χ4v) is 6.00. The van der Waals surface area contributed by atoms with Gasteiger partial charge in [0.25, 0.3) is 11.5 Å². The molecule has 0 atom stereocenters. The Kier molecular flexibility index (Phi) is 7.63. The Balaban J connectivity index is 1.81. The summed E-state index contributed by atoms with van der Waals surface area (Å²) < 4.78 is 2.25. The van der Waals surface area contributed by atoms with Crippen molar-refractivity contribution in [3.05, 3.63) is 62.3 Å². The molecular formula is C26H29N5O2S2. The predicted octanol–water partition coefficient (Wildman–Crippen LogP) is 3.99. The van der Waals surface area contributed by atoms with E-state index in [1.165, 1.54) is 17.4 Å². The average Bonchev–Trinajstić information content (AvgIpc) is 3.15. The number of pyridine rings is 1. The number of hydrogen-bond acceptors (Lipinski definition) is 7. The summed E-state index contributed by atoms with van der Waals surface area (Å²) in [5, 5.41) is 9.81. The molecule has 35 heavy (non-hydrogen) atoms. The Morgan fingerprint density at radius 3 is 2.31 bits per heavy atom. The highest BCUT2D eigenvalue weighted by Crippen LogP contribution is 2.36. The maximum Gasteiger partial charge on any atom is 0.270 e. The SMILES string of the molecule is CCCn1c(N2CCN(c3ccccc3)CC2)c(/C=C2\SC(=S)N(CC)C2=O)c(C)c(C#N)c1=O. The molecule has 2 aliphatic heterocycles. The van der Waals surface area contributed by atoms with Crippen LogP contribution in [-0.2, 0) is 11.3 Å². The van der Waals surface area contributed by atoms with Gasteiger partial charge in [-0.15, -0.1) is 0 Å². The third-order valence-electron chi connectivity index (χ3n) is 6.46. The Bertz CT molecular complexity index is 1270. The molecule has 1 aromatic heterocycles. The van der Waals surface area contributed by atoms with Gasteiger partial charge >= 0.3 is 0 Å². The van der Waals surface area contributed by atoms with Crippen molar-refractivity contribution in [2.75, 3.05) is 42.5 Å². The standard InChI is InChI=1S/C26H29N5O2S2/c1-4-11-31-23(29-14-12-28(13-15-29)19-9-7-6-8-10-19)20(18(3)21(17-27)24(31)32)16-22-25(33)30(5-2)26(34)35-22/h6-10,16H,4-5,11-15H2,1-3H3/b22-16-. The number of nitriles is 1. The Morgan fingerprint density at radius 2 is 1.74 bits per heavy atom. The molecule has 1 amide bonds. The van der Waals surface area contributed by atoms with Crippen LogP contribution in [0.3, 0.4) is 0 Å². The molecule has 0 N–H and O–H groups in total. The smallest absolute Gasteiger partial charge is 0.270 e. The molecule has 0 bridgehead atoms. The number of hydrogen-bond donors (Lipinski definition) is 0. The van der Waals surface area contributed by atoms with Gasteiger partial charge in [0.2, 0.25) is 0 Å². The minimum Gasteiger partial charge on any atom is -0.368 e. The first-order chi connectivity index (χ1) is 16.9. The van der Waals surface area contributed by atoms with Crippen molar-refractivity contribution in [1.29, 1.82) is 5.26 Å². The number of carbonyl (C=O) groups is 1. The van der Waals surface area contributed by atoms with E-state index in [1.807, 2.05) is 38.1 Å². The van der Waals surface area contributed by atoms with Crippen LogP contribution < -0.4 is 15.4 Å². The van der Waals surface area contributed by atoms with Crippen LogP contribution in [0.5, 0.6) is 0 Å². The first-order valence-electron chi connectivity index (χ1n) is 11.9. The van der Waals surface area contributed by atoms with Crippen LogP contribution in [0.1, 0.15) is 37.0 Å². The summed E-state index contributed by atoms with van der Waals surface area (Å²) in [7, 11) is 0. The maximum absolute atomic E-state index is 13.3. The van der Waals surface area contributed by atoms with Gasteiger partial charge < -0.3 is 9.80 Å². The number of rotatable bonds is 6. The molecule has 0 spiro atoms. The fourth-order valence-electron chi connectivity index (χ4n) is 4.63. The van der Waals surface area contributed by atoms with Gasteiger partial charge in [0, 0.05) is 50.5 Å². The van der Waals surface area contributed by atoms with E-state index in [0.717, 1.165) is 44.0 Å². The molecule has 0 radical (unpaired) electrons. The number of nitrogens with zero attached hydrogens (tertiary/aromatic N) is 5. The summed E-state index contributed by atoms with van der Waals surface area (Å²) in [4.78, 5) is 33.0. The molecule has 3 heterocycles. The van der Waals surface area contributed by atoms with Crippen LogP contribution >= 0.6 is 24.0 Å². The Morgan fingerprint density at radius 1 is 1.09 bits per heavy atom. The van der Waals surface area contributed by atoms with E-state index in [4.69, 9.17) is 12.2 Å². The third-order valence-corrected chi connectivity index (χ3v) is 7.84. The lowest BCUT2D eigenvalue weighted by Gasteiger charge is -2.39. The lowest BCUT2D eigenvalue weighted by atomic mass is 10.0. The number of amides is 1. The summed E-state index contributed by atoms with van der Waals surface area (Å²) in [6.07, 6.45) is 2.58. The molecule has 0 saturated carbocycles. The Labute approximate surface area is 215 Å². The second kappa shape index (κ2) is 10.7. The summed E-state index contributed by atoms with van der Waals surface area (Å²) >= 11 is 6.67. The summed E-state index contributed by atoms with van der Waals surface area (Å²) in [5.41, 5.74) is 2.39. The number of anilines is 2. The highest BCUT2D eigenvalue weighted by atomic mass is 32.2. The third kappa shape index (κ3) is 4.73. The van der Waals surface area contributed by atoms with Crippen LogP contribution in [0.25, 0.3) is 6.08 Å². The van der Waals surface area contributed by atoms with Gasteiger partial charge in [-0.1, -0.05) is 49.1 Å². The second-order valence-corrected chi connectivity index (χ2v) is 10.2. The largest absolute Gasteiger partial charge is 0.368 e. The molecule has 4 rings (SSSR count). The number of para-hydroxylation sites is 1. The minimum atomic E-state index is -0.273. The van der Waals surface area contributed by atoms with Crippen molar-refractivity contribution in [1.82, 2.24) is 9.47 Å². The zero-order chi connectivity index (χ0) is 25.1. The fraction of sp³-hybridized carbons (Fsp3) is 0.385. The zero-order valence-electron chi connectivity index (χ0n) is 20.3.